The lowest BCUT2D eigenvalue weighted by Crippen LogP contribution is -2.28. The molecule has 1 aromatic carbocycles. The number of carbonyl (C=O) groups excluding carboxylic acids is 1. The second-order valence-electron chi connectivity index (χ2n) is 6.17. The minimum absolute atomic E-state index is 0.292. The van der Waals surface area contributed by atoms with Gasteiger partial charge in [0.1, 0.15) is 0 Å². The van der Waals surface area contributed by atoms with Crippen LogP contribution in [0.3, 0.4) is 0 Å². The second kappa shape index (κ2) is 7.25. The summed E-state index contributed by atoms with van der Waals surface area (Å²) in [6.45, 7) is 0.366. The molecular formula is C20H18N6O. The fourth-order valence-corrected chi connectivity index (χ4v) is 2.87. The van der Waals surface area contributed by atoms with Gasteiger partial charge in [-0.3, -0.25) is 14.6 Å². The summed E-state index contributed by atoms with van der Waals surface area (Å²) in [5, 5.41) is 10.9. The molecule has 27 heavy (non-hydrogen) atoms. The maximum Gasteiger partial charge on any atom is 0.319 e. The van der Waals surface area contributed by atoms with Crippen LogP contribution >= 0.6 is 0 Å². The number of fused-ring (bicyclic) bond motifs is 1. The molecule has 2 amide bonds. The number of hydrogen-bond donors (Lipinski definition) is 2. The molecule has 0 unspecified atom stereocenters. The Labute approximate surface area is 156 Å². The number of amides is 2. The van der Waals surface area contributed by atoms with E-state index >= 15 is 0 Å². The Morgan fingerprint density at radius 1 is 1.11 bits per heavy atom. The minimum atomic E-state index is -0.292. The number of urea groups is 1. The van der Waals surface area contributed by atoms with Crippen LogP contribution in [0.5, 0.6) is 0 Å². The van der Waals surface area contributed by atoms with Crippen molar-refractivity contribution in [3.8, 4) is 11.1 Å². The fourth-order valence-electron chi connectivity index (χ4n) is 2.87. The molecule has 7 heteroatoms. The number of aryl methyl sites for hydroxylation is 1. The van der Waals surface area contributed by atoms with Gasteiger partial charge < -0.3 is 10.6 Å². The van der Waals surface area contributed by atoms with Crippen molar-refractivity contribution >= 4 is 22.6 Å². The van der Waals surface area contributed by atoms with Gasteiger partial charge in [-0.05, 0) is 23.8 Å². The first kappa shape index (κ1) is 16.7. The molecule has 134 valence electrons. The molecule has 0 atom stereocenters. The zero-order chi connectivity index (χ0) is 18.6. The molecule has 0 aliphatic heterocycles. The van der Waals surface area contributed by atoms with Gasteiger partial charge in [0.15, 0.2) is 0 Å². The molecule has 0 saturated carbocycles. The molecule has 0 radical (unpaired) electrons. The number of carbonyl (C=O) groups is 1. The van der Waals surface area contributed by atoms with E-state index in [9.17, 15) is 4.79 Å². The Balaban J connectivity index is 1.43. The van der Waals surface area contributed by atoms with Crippen molar-refractivity contribution in [1.29, 1.82) is 0 Å². The lowest BCUT2D eigenvalue weighted by atomic mass is 10.1. The first-order valence-corrected chi connectivity index (χ1v) is 8.50. The fraction of sp³-hybridized carbons (Fsp3) is 0.100. The molecule has 0 spiro atoms. The summed E-state index contributed by atoms with van der Waals surface area (Å²) in [7, 11) is 1.87. The van der Waals surface area contributed by atoms with Gasteiger partial charge in [0.25, 0.3) is 0 Å². The number of nitrogens with zero attached hydrogens (tertiary/aromatic N) is 4. The summed E-state index contributed by atoms with van der Waals surface area (Å²) in [5.41, 5.74) is 4.28. The normalized spacial score (nSPS) is 10.7. The number of hydrogen-bond acceptors (Lipinski definition) is 4. The summed E-state index contributed by atoms with van der Waals surface area (Å²) in [6, 6.07) is 11.2. The van der Waals surface area contributed by atoms with Gasteiger partial charge in [0, 0.05) is 54.9 Å². The van der Waals surface area contributed by atoms with E-state index in [-0.39, 0.29) is 6.03 Å². The first-order chi connectivity index (χ1) is 13.2. The molecule has 0 fully saturated rings. The van der Waals surface area contributed by atoms with Crippen LogP contribution in [-0.4, -0.2) is 25.8 Å². The Bertz CT molecular complexity index is 1100. The quantitative estimate of drug-likeness (QED) is 0.586. The Kier molecular flexibility index (Phi) is 4.49. The standard InChI is InChI=1S/C20H18N6O/c1-26-13-17(12-24-26)16-8-14(9-21-11-16)10-23-20(27)25-18-6-2-4-15-5-3-7-22-19(15)18/h2-9,11-13H,10H2,1H3,(H2,23,25,27). The third-order valence-corrected chi connectivity index (χ3v) is 4.17. The number of anilines is 1. The average molecular weight is 358 g/mol. The molecule has 0 aliphatic carbocycles. The van der Waals surface area contributed by atoms with Crippen LogP contribution in [0.2, 0.25) is 0 Å². The van der Waals surface area contributed by atoms with Gasteiger partial charge in [-0.15, -0.1) is 0 Å². The SMILES string of the molecule is Cn1cc(-c2cncc(CNC(=O)Nc3cccc4cccnc34)c2)cn1. The third kappa shape index (κ3) is 3.77. The molecule has 0 bridgehead atoms. The van der Waals surface area contributed by atoms with Crippen LogP contribution in [0.15, 0.2) is 67.4 Å². The Hall–Kier alpha value is -3.74. The molecule has 2 N–H and O–H groups in total. The number of rotatable bonds is 4. The van der Waals surface area contributed by atoms with Crippen LogP contribution in [-0.2, 0) is 13.6 Å². The predicted octanol–water partition coefficient (Wildman–Crippen LogP) is 3.35. The molecular weight excluding hydrogens is 340 g/mol. The van der Waals surface area contributed by atoms with Crippen molar-refractivity contribution in [2.75, 3.05) is 5.32 Å². The summed E-state index contributed by atoms with van der Waals surface area (Å²) in [6.07, 6.45) is 8.94. The van der Waals surface area contributed by atoms with Crippen LogP contribution in [0.4, 0.5) is 10.5 Å². The topological polar surface area (TPSA) is 84.7 Å². The maximum atomic E-state index is 12.3. The Morgan fingerprint density at radius 2 is 2.00 bits per heavy atom. The van der Waals surface area contributed by atoms with Crippen molar-refractivity contribution in [2.24, 2.45) is 7.05 Å². The summed E-state index contributed by atoms with van der Waals surface area (Å²) in [4.78, 5) is 20.9. The van der Waals surface area contributed by atoms with E-state index in [0.717, 1.165) is 27.6 Å². The van der Waals surface area contributed by atoms with Crippen molar-refractivity contribution in [3.63, 3.8) is 0 Å². The van der Waals surface area contributed by atoms with E-state index in [1.54, 1.807) is 29.5 Å². The number of benzene rings is 1. The van der Waals surface area contributed by atoms with E-state index in [2.05, 4.69) is 25.7 Å². The lowest BCUT2D eigenvalue weighted by molar-refractivity contribution is 0.252. The number of para-hydroxylation sites is 1. The van der Waals surface area contributed by atoms with E-state index in [1.165, 1.54) is 0 Å². The summed E-state index contributed by atoms with van der Waals surface area (Å²) >= 11 is 0. The van der Waals surface area contributed by atoms with Crippen LogP contribution in [0.1, 0.15) is 5.56 Å². The molecule has 3 aromatic heterocycles. The minimum Gasteiger partial charge on any atom is -0.334 e. The lowest BCUT2D eigenvalue weighted by Gasteiger charge is -2.10. The maximum absolute atomic E-state index is 12.3. The smallest absolute Gasteiger partial charge is 0.319 e. The van der Waals surface area contributed by atoms with Crippen molar-refractivity contribution in [2.45, 2.75) is 6.54 Å². The Morgan fingerprint density at radius 3 is 2.85 bits per heavy atom. The molecule has 3 heterocycles. The molecule has 7 nitrogen and oxygen atoms in total. The highest BCUT2D eigenvalue weighted by molar-refractivity contribution is 5.99. The zero-order valence-corrected chi connectivity index (χ0v) is 14.8. The zero-order valence-electron chi connectivity index (χ0n) is 14.8. The summed E-state index contributed by atoms with van der Waals surface area (Å²) < 4.78 is 1.74. The van der Waals surface area contributed by atoms with Crippen LogP contribution in [0.25, 0.3) is 22.0 Å². The van der Waals surface area contributed by atoms with Gasteiger partial charge in [0.05, 0.1) is 17.4 Å². The molecule has 4 aromatic rings. The van der Waals surface area contributed by atoms with Crippen molar-refractivity contribution in [3.05, 3.63) is 72.9 Å². The third-order valence-electron chi connectivity index (χ3n) is 4.17. The highest BCUT2D eigenvalue weighted by Gasteiger charge is 2.07. The average Bonchev–Trinajstić information content (AvgIpc) is 3.13. The monoisotopic (exact) mass is 358 g/mol. The van der Waals surface area contributed by atoms with Crippen LogP contribution in [0, 0.1) is 0 Å². The van der Waals surface area contributed by atoms with E-state index in [4.69, 9.17) is 0 Å². The second-order valence-corrected chi connectivity index (χ2v) is 6.17. The number of nitrogens with one attached hydrogen (secondary N) is 2. The van der Waals surface area contributed by atoms with E-state index in [0.29, 0.717) is 12.2 Å². The van der Waals surface area contributed by atoms with E-state index in [1.807, 2.05) is 49.6 Å². The molecule has 0 aliphatic rings. The van der Waals surface area contributed by atoms with Gasteiger partial charge in [-0.25, -0.2) is 4.79 Å². The molecule has 0 saturated heterocycles. The predicted molar refractivity (Wildman–Crippen MR) is 104 cm³/mol. The van der Waals surface area contributed by atoms with Gasteiger partial charge >= 0.3 is 6.03 Å². The summed E-state index contributed by atoms with van der Waals surface area (Å²) in [5.74, 6) is 0. The van der Waals surface area contributed by atoms with Crippen LogP contribution < -0.4 is 10.6 Å². The van der Waals surface area contributed by atoms with E-state index < -0.39 is 0 Å². The first-order valence-electron chi connectivity index (χ1n) is 8.50. The van der Waals surface area contributed by atoms with Gasteiger partial charge in [-0.2, -0.15) is 5.10 Å². The number of pyridine rings is 2. The van der Waals surface area contributed by atoms with Gasteiger partial charge in [0.2, 0.25) is 0 Å². The van der Waals surface area contributed by atoms with Crippen molar-refractivity contribution < 1.29 is 4.79 Å². The van der Waals surface area contributed by atoms with Crippen molar-refractivity contribution in [1.82, 2.24) is 25.1 Å². The highest BCUT2D eigenvalue weighted by Crippen LogP contribution is 2.21. The highest BCUT2D eigenvalue weighted by atomic mass is 16.2. The van der Waals surface area contributed by atoms with Gasteiger partial charge in [-0.1, -0.05) is 18.2 Å². The molecule has 4 rings (SSSR count). The largest absolute Gasteiger partial charge is 0.334 e. The number of aromatic nitrogens is 4.